The Balaban J connectivity index is 2.86. The molecule has 1 rings (SSSR count). The number of aromatic nitrogens is 2. The number of carbonyl (C=O) groups excluding carboxylic acids is 1. The number of likely N-dealkylation sites (N-methyl/N-ethyl adjacent to an activating group) is 1. The van der Waals surface area contributed by atoms with Gasteiger partial charge in [-0.05, 0) is 12.0 Å². The van der Waals surface area contributed by atoms with E-state index in [4.69, 9.17) is 10.5 Å². The lowest BCUT2D eigenvalue weighted by molar-refractivity contribution is 0.0378. The van der Waals surface area contributed by atoms with Gasteiger partial charge in [0.25, 0.3) is 5.91 Å². The number of nitrogens with zero attached hydrogens (tertiary/aromatic N) is 3. The third kappa shape index (κ3) is 4.43. The van der Waals surface area contributed by atoms with Gasteiger partial charge in [0.15, 0.2) is 0 Å². The molecule has 1 heterocycles. The van der Waals surface area contributed by atoms with Gasteiger partial charge in [0.1, 0.15) is 5.69 Å². The number of amides is 1. The summed E-state index contributed by atoms with van der Waals surface area (Å²) in [6.07, 6.45) is -0.738. The second kappa shape index (κ2) is 7.16. The molecule has 0 fully saturated rings. The van der Waals surface area contributed by atoms with Gasteiger partial charge in [0, 0.05) is 26.4 Å². The van der Waals surface area contributed by atoms with Crippen LogP contribution in [0, 0.1) is 0 Å². The van der Waals surface area contributed by atoms with Crippen LogP contribution in [0.2, 0.25) is 0 Å². The lowest BCUT2D eigenvalue weighted by atomic mass is 10.1. The van der Waals surface area contributed by atoms with Crippen molar-refractivity contribution < 1.29 is 14.6 Å². The molecule has 0 radical (unpaired) electrons. The van der Waals surface area contributed by atoms with E-state index in [2.05, 4.69) is 9.97 Å². The number of nitrogen functional groups attached to an aromatic ring is 1. The molecule has 0 saturated carbocycles. The van der Waals surface area contributed by atoms with Crippen LogP contribution in [0.5, 0.6) is 0 Å². The third-order valence-corrected chi connectivity index (χ3v) is 2.76. The molecule has 0 saturated heterocycles. The zero-order valence-corrected chi connectivity index (χ0v) is 12.3. The first-order valence-corrected chi connectivity index (χ1v) is 6.42. The minimum absolute atomic E-state index is 0.0744. The van der Waals surface area contributed by atoms with Crippen LogP contribution in [0.1, 0.15) is 35.9 Å². The Labute approximate surface area is 118 Å². The van der Waals surface area contributed by atoms with E-state index < -0.39 is 6.10 Å². The van der Waals surface area contributed by atoms with Crippen molar-refractivity contribution in [2.24, 2.45) is 0 Å². The first kappa shape index (κ1) is 16.3. The van der Waals surface area contributed by atoms with Crippen molar-refractivity contribution in [2.75, 3.05) is 33.0 Å². The minimum Gasteiger partial charge on any atom is -0.389 e. The molecule has 0 spiro atoms. The molecular formula is C13H22N4O3. The van der Waals surface area contributed by atoms with Crippen LogP contribution < -0.4 is 5.73 Å². The number of anilines is 1. The van der Waals surface area contributed by atoms with E-state index in [1.54, 1.807) is 13.1 Å². The molecule has 0 aliphatic heterocycles. The van der Waals surface area contributed by atoms with Gasteiger partial charge in [-0.15, -0.1) is 0 Å². The zero-order chi connectivity index (χ0) is 15.3. The molecule has 0 aliphatic rings. The summed E-state index contributed by atoms with van der Waals surface area (Å²) in [5.74, 6) is -0.0854. The molecule has 7 heteroatoms. The third-order valence-electron chi connectivity index (χ3n) is 2.76. The van der Waals surface area contributed by atoms with Crippen molar-refractivity contribution in [1.29, 1.82) is 0 Å². The number of nitrogens with two attached hydrogens (primary N) is 1. The maximum absolute atomic E-state index is 12.2. The maximum atomic E-state index is 12.2. The maximum Gasteiger partial charge on any atom is 0.272 e. The normalized spacial score (nSPS) is 12.5. The van der Waals surface area contributed by atoms with Crippen molar-refractivity contribution in [3.63, 3.8) is 0 Å². The Hall–Kier alpha value is -1.73. The summed E-state index contributed by atoms with van der Waals surface area (Å²) in [5, 5.41) is 9.64. The summed E-state index contributed by atoms with van der Waals surface area (Å²) in [6.45, 7) is 4.25. The van der Waals surface area contributed by atoms with Gasteiger partial charge >= 0.3 is 0 Å². The topological polar surface area (TPSA) is 102 Å². The first-order chi connectivity index (χ1) is 9.35. The van der Waals surface area contributed by atoms with Crippen LogP contribution in [-0.4, -0.2) is 59.3 Å². The number of hydrogen-bond acceptors (Lipinski definition) is 6. The van der Waals surface area contributed by atoms with Gasteiger partial charge in [-0.3, -0.25) is 4.79 Å². The van der Waals surface area contributed by atoms with Crippen LogP contribution >= 0.6 is 0 Å². The average molecular weight is 282 g/mol. The van der Waals surface area contributed by atoms with Gasteiger partial charge in [0.05, 0.1) is 12.7 Å². The molecule has 1 atom stereocenters. The lowest BCUT2D eigenvalue weighted by Crippen LogP contribution is -2.36. The van der Waals surface area contributed by atoms with E-state index in [0.29, 0.717) is 5.69 Å². The van der Waals surface area contributed by atoms with Crippen LogP contribution in [0.25, 0.3) is 0 Å². The van der Waals surface area contributed by atoms with E-state index >= 15 is 0 Å². The highest BCUT2D eigenvalue weighted by atomic mass is 16.5. The summed E-state index contributed by atoms with van der Waals surface area (Å²) in [4.78, 5) is 21.7. The van der Waals surface area contributed by atoms with Crippen LogP contribution in [0.3, 0.4) is 0 Å². The van der Waals surface area contributed by atoms with E-state index in [0.717, 1.165) is 0 Å². The van der Waals surface area contributed by atoms with E-state index in [9.17, 15) is 9.90 Å². The van der Waals surface area contributed by atoms with Gasteiger partial charge in [-0.25, -0.2) is 9.97 Å². The molecule has 112 valence electrons. The number of ether oxygens (including phenoxy) is 1. The molecular weight excluding hydrogens is 260 g/mol. The largest absolute Gasteiger partial charge is 0.389 e. The lowest BCUT2D eigenvalue weighted by Gasteiger charge is -2.20. The first-order valence-electron chi connectivity index (χ1n) is 6.42. The summed E-state index contributed by atoms with van der Waals surface area (Å²) in [6, 6.07) is 1.63. The number of aliphatic hydroxyl groups is 1. The highest BCUT2D eigenvalue weighted by molar-refractivity contribution is 5.92. The molecule has 3 N–H and O–H groups in total. The Morgan fingerprint density at radius 3 is 2.70 bits per heavy atom. The fraction of sp³-hybridized carbons (Fsp3) is 0.615. The molecule has 1 amide bonds. The Bertz CT molecular complexity index is 465. The van der Waals surface area contributed by atoms with Crippen LogP contribution in [0.15, 0.2) is 6.07 Å². The Morgan fingerprint density at radius 2 is 2.15 bits per heavy atom. The van der Waals surface area contributed by atoms with Crippen molar-refractivity contribution in [2.45, 2.75) is 25.9 Å². The van der Waals surface area contributed by atoms with Crippen molar-refractivity contribution >= 4 is 11.9 Å². The zero-order valence-electron chi connectivity index (χ0n) is 12.3. The molecule has 1 aromatic heterocycles. The fourth-order valence-electron chi connectivity index (χ4n) is 1.73. The van der Waals surface area contributed by atoms with Crippen LogP contribution in [0.4, 0.5) is 5.95 Å². The number of methoxy groups -OCH3 is 1. The van der Waals surface area contributed by atoms with Gasteiger partial charge < -0.3 is 20.5 Å². The van der Waals surface area contributed by atoms with E-state index in [1.807, 2.05) is 13.8 Å². The predicted molar refractivity (Wildman–Crippen MR) is 75.4 cm³/mol. The molecule has 20 heavy (non-hydrogen) atoms. The highest BCUT2D eigenvalue weighted by Gasteiger charge is 2.18. The number of carbonyl (C=O) groups is 1. The smallest absolute Gasteiger partial charge is 0.272 e. The predicted octanol–water partition coefficient (Wildman–Crippen LogP) is 0.261. The summed E-state index contributed by atoms with van der Waals surface area (Å²) < 4.78 is 4.83. The number of rotatable bonds is 6. The summed E-state index contributed by atoms with van der Waals surface area (Å²) >= 11 is 0. The Kier molecular flexibility index (Phi) is 5.84. The average Bonchev–Trinajstić information content (AvgIpc) is 2.37. The molecule has 0 bridgehead atoms. The molecule has 1 unspecified atom stereocenters. The van der Waals surface area contributed by atoms with Crippen LogP contribution in [-0.2, 0) is 4.74 Å². The Morgan fingerprint density at radius 1 is 1.50 bits per heavy atom. The van der Waals surface area contributed by atoms with Gasteiger partial charge in [0.2, 0.25) is 5.95 Å². The standard InChI is InChI=1S/C13H22N4O3/c1-8(2)10-5-11(16-13(14)15-10)12(19)17(3)6-9(18)7-20-4/h5,8-9,18H,6-7H2,1-4H3,(H2,14,15,16). The molecule has 7 nitrogen and oxygen atoms in total. The monoisotopic (exact) mass is 282 g/mol. The van der Waals surface area contributed by atoms with E-state index in [1.165, 1.54) is 12.0 Å². The highest BCUT2D eigenvalue weighted by Crippen LogP contribution is 2.14. The van der Waals surface area contributed by atoms with Gasteiger partial charge in [-0.1, -0.05) is 13.8 Å². The summed E-state index contributed by atoms with van der Waals surface area (Å²) in [7, 11) is 3.08. The summed E-state index contributed by atoms with van der Waals surface area (Å²) in [5.41, 5.74) is 6.57. The van der Waals surface area contributed by atoms with Crippen molar-refractivity contribution in [3.05, 3.63) is 17.5 Å². The molecule has 1 aromatic rings. The number of hydrogen-bond donors (Lipinski definition) is 2. The molecule has 0 aromatic carbocycles. The quantitative estimate of drug-likeness (QED) is 0.776. The minimum atomic E-state index is -0.738. The van der Waals surface area contributed by atoms with Gasteiger partial charge in [-0.2, -0.15) is 0 Å². The van der Waals surface area contributed by atoms with Crippen molar-refractivity contribution in [1.82, 2.24) is 14.9 Å². The second-order valence-electron chi connectivity index (χ2n) is 4.99. The SMILES string of the molecule is COCC(O)CN(C)C(=O)c1cc(C(C)C)nc(N)n1. The molecule has 0 aliphatic carbocycles. The van der Waals surface area contributed by atoms with E-state index in [-0.39, 0.29) is 36.6 Å². The second-order valence-corrected chi connectivity index (χ2v) is 4.99. The fourth-order valence-corrected chi connectivity index (χ4v) is 1.73. The van der Waals surface area contributed by atoms with Crippen molar-refractivity contribution in [3.8, 4) is 0 Å². The number of aliphatic hydroxyl groups excluding tert-OH is 1.